The van der Waals surface area contributed by atoms with Crippen LogP contribution in [0.5, 0.6) is 0 Å². The van der Waals surface area contributed by atoms with E-state index in [0.717, 1.165) is 13.1 Å². The zero-order chi connectivity index (χ0) is 12.4. The van der Waals surface area contributed by atoms with Crippen molar-refractivity contribution in [2.45, 2.75) is 46.0 Å². The maximum Gasteiger partial charge on any atom is 0.0628 e. The predicted octanol–water partition coefficient (Wildman–Crippen LogP) is 2.39. The number of rotatable bonds is 3. The largest absolute Gasteiger partial charge is 0.317 e. The van der Waals surface area contributed by atoms with E-state index in [1.54, 1.807) is 0 Å². The molecule has 96 valence electrons. The molecule has 2 rings (SSSR count). The molecule has 1 saturated heterocycles. The van der Waals surface area contributed by atoms with Crippen LogP contribution in [0.15, 0.2) is 0 Å². The summed E-state index contributed by atoms with van der Waals surface area (Å²) in [4.78, 5) is 0. The van der Waals surface area contributed by atoms with Crippen LogP contribution in [-0.2, 0) is 13.5 Å². The van der Waals surface area contributed by atoms with Gasteiger partial charge in [0, 0.05) is 18.7 Å². The van der Waals surface area contributed by atoms with Crippen LogP contribution in [0, 0.1) is 12.8 Å². The fraction of sp³-hybridized carbons (Fsp3) is 0.786. The van der Waals surface area contributed by atoms with E-state index in [9.17, 15) is 0 Å². The SMILES string of the molecule is Cc1nn(C)c(C2CCNCC2)c1CC(C)C. The molecular formula is C14H25N3. The summed E-state index contributed by atoms with van der Waals surface area (Å²) in [6.45, 7) is 9.03. The second-order valence-electron chi connectivity index (χ2n) is 5.70. The van der Waals surface area contributed by atoms with E-state index in [4.69, 9.17) is 0 Å². The monoisotopic (exact) mass is 235 g/mol. The molecule has 0 amide bonds. The molecular weight excluding hydrogens is 210 g/mol. The van der Waals surface area contributed by atoms with Crippen molar-refractivity contribution >= 4 is 0 Å². The van der Waals surface area contributed by atoms with Gasteiger partial charge in [0.05, 0.1) is 5.69 Å². The van der Waals surface area contributed by atoms with E-state index in [2.05, 4.69) is 42.9 Å². The van der Waals surface area contributed by atoms with Gasteiger partial charge in [-0.1, -0.05) is 13.8 Å². The lowest BCUT2D eigenvalue weighted by molar-refractivity contribution is 0.436. The van der Waals surface area contributed by atoms with Gasteiger partial charge in [0.1, 0.15) is 0 Å². The van der Waals surface area contributed by atoms with Crippen LogP contribution in [0.25, 0.3) is 0 Å². The Labute approximate surface area is 105 Å². The van der Waals surface area contributed by atoms with Gasteiger partial charge in [-0.25, -0.2) is 0 Å². The maximum atomic E-state index is 4.64. The van der Waals surface area contributed by atoms with E-state index >= 15 is 0 Å². The van der Waals surface area contributed by atoms with E-state index in [-0.39, 0.29) is 0 Å². The van der Waals surface area contributed by atoms with Crippen LogP contribution < -0.4 is 5.32 Å². The van der Waals surface area contributed by atoms with Crippen LogP contribution >= 0.6 is 0 Å². The van der Waals surface area contributed by atoms with Crippen molar-refractivity contribution in [1.82, 2.24) is 15.1 Å². The number of hydrogen-bond acceptors (Lipinski definition) is 2. The third kappa shape index (κ3) is 2.71. The lowest BCUT2D eigenvalue weighted by atomic mass is 9.88. The van der Waals surface area contributed by atoms with Crippen molar-refractivity contribution in [3.8, 4) is 0 Å². The molecule has 0 aliphatic carbocycles. The van der Waals surface area contributed by atoms with Crippen LogP contribution in [0.1, 0.15) is 49.6 Å². The van der Waals surface area contributed by atoms with Crippen LogP contribution in [0.4, 0.5) is 0 Å². The smallest absolute Gasteiger partial charge is 0.0628 e. The molecule has 1 aromatic heterocycles. The van der Waals surface area contributed by atoms with Crippen LogP contribution in [0.2, 0.25) is 0 Å². The maximum absolute atomic E-state index is 4.64. The van der Waals surface area contributed by atoms with Crippen molar-refractivity contribution in [3.63, 3.8) is 0 Å². The molecule has 0 unspecified atom stereocenters. The Morgan fingerprint density at radius 1 is 1.35 bits per heavy atom. The molecule has 1 aliphatic heterocycles. The summed E-state index contributed by atoms with van der Waals surface area (Å²) in [6, 6.07) is 0. The molecule has 0 saturated carbocycles. The molecule has 3 heteroatoms. The lowest BCUT2D eigenvalue weighted by Crippen LogP contribution is -2.28. The summed E-state index contributed by atoms with van der Waals surface area (Å²) in [7, 11) is 2.11. The van der Waals surface area contributed by atoms with E-state index in [1.165, 1.54) is 36.2 Å². The zero-order valence-electron chi connectivity index (χ0n) is 11.6. The molecule has 17 heavy (non-hydrogen) atoms. The normalized spacial score (nSPS) is 17.9. The first-order chi connectivity index (χ1) is 8.09. The second kappa shape index (κ2) is 5.21. The van der Waals surface area contributed by atoms with Gasteiger partial charge in [0.25, 0.3) is 0 Å². The highest BCUT2D eigenvalue weighted by Crippen LogP contribution is 2.30. The third-order valence-corrected chi connectivity index (χ3v) is 3.73. The highest BCUT2D eigenvalue weighted by Gasteiger charge is 2.23. The molecule has 0 bridgehead atoms. The predicted molar refractivity (Wildman–Crippen MR) is 71.3 cm³/mol. The van der Waals surface area contributed by atoms with Gasteiger partial charge in [-0.2, -0.15) is 5.10 Å². The number of piperidine rings is 1. The second-order valence-corrected chi connectivity index (χ2v) is 5.70. The van der Waals surface area contributed by atoms with Crippen molar-refractivity contribution in [1.29, 1.82) is 0 Å². The van der Waals surface area contributed by atoms with Gasteiger partial charge in [0.2, 0.25) is 0 Å². The number of nitrogens with zero attached hydrogens (tertiary/aromatic N) is 2. The summed E-state index contributed by atoms with van der Waals surface area (Å²) in [5, 5.41) is 8.08. The lowest BCUT2D eigenvalue weighted by Gasteiger charge is -2.24. The van der Waals surface area contributed by atoms with Gasteiger partial charge < -0.3 is 5.32 Å². The summed E-state index contributed by atoms with van der Waals surface area (Å²) in [5.74, 6) is 1.41. The number of aromatic nitrogens is 2. The standard InChI is InChI=1S/C14H25N3/c1-10(2)9-13-11(3)16-17(4)14(13)12-5-7-15-8-6-12/h10,12,15H,5-9H2,1-4H3. The molecule has 1 fully saturated rings. The Morgan fingerprint density at radius 2 is 2.00 bits per heavy atom. The Kier molecular flexibility index (Phi) is 3.87. The van der Waals surface area contributed by atoms with Crippen molar-refractivity contribution in [3.05, 3.63) is 17.0 Å². The first-order valence-electron chi connectivity index (χ1n) is 6.82. The molecule has 0 radical (unpaired) electrons. The first kappa shape index (κ1) is 12.6. The molecule has 3 nitrogen and oxygen atoms in total. The molecule has 1 aliphatic rings. The first-order valence-corrected chi connectivity index (χ1v) is 6.82. The van der Waals surface area contributed by atoms with E-state index < -0.39 is 0 Å². The number of aryl methyl sites for hydroxylation is 2. The van der Waals surface area contributed by atoms with Gasteiger partial charge in [-0.3, -0.25) is 4.68 Å². The minimum absolute atomic E-state index is 0.705. The van der Waals surface area contributed by atoms with Crippen LogP contribution in [-0.4, -0.2) is 22.9 Å². The molecule has 0 aromatic carbocycles. The fourth-order valence-corrected chi connectivity index (χ4v) is 2.99. The molecule has 1 N–H and O–H groups in total. The van der Waals surface area contributed by atoms with Gasteiger partial charge >= 0.3 is 0 Å². The Bertz CT molecular complexity index is 373. The van der Waals surface area contributed by atoms with Crippen LogP contribution in [0.3, 0.4) is 0 Å². The number of hydrogen-bond donors (Lipinski definition) is 1. The topological polar surface area (TPSA) is 29.9 Å². The van der Waals surface area contributed by atoms with E-state index in [0.29, 0.717) is 11.8 Å². The van der Waals surface area contributed by atoms with Crippen molar-refractivity contribution in [2.75, 3.05) is 13.1 Å². The molecule has 1 aromatic rings. The minimum Gasteiger partial charge on any atom is -0.317 e. The van der Waals surface area contributed by atoms with Gasteiger partial charge in [0.15, 0.2) is 0 Å². The highest BCUT2D eigenvalue weighted by molar-refractivity contribution is 5.29. The van der Waals surface area contributed by atoms with E-state index in [1.807, 2.05) is 0 Å². The zero-order valence-corrected chi connectivity index (χ0v) is 11.6. The summed E-state index contributed by atoms with van der Waals surface area (Å²) < 4.78 is 2.13. The molecule has 2 heterocycles. The molecule has 0 spiro atoms. The summed E-state index contributed by atoms with van der Waals surface area (Å²) in [5.41, 5.74) is 4.24. The Hall–Kier alpha value is -0.830. The van der Waals surface area contributed by atoms with Gasteiger partial charge in [-0.15, -0.1) is 0 Å². The average molecular weight is 235 g/mol. The van der Waals surface area contributed by atoms with Gasteiger partial charge in [-0.05, 0) is 50.8 Å². The average Bonchev–Trinajstić information content (AvgIpc) is 2.54. The summed E-state index contributed by atoms with van der Waals surface area (Å²) >= 11 is 0. The Balaban J connectivity index is 2.29. The summed E-state index contributed by atoms with van der Waals surface area (Å²) in [6.07, 6.45) is 3.67. The Morgan fingerprint density at radius 3 is 2.59 bits per heavy atom. The highest BCUT2D eigenvalue weighted by atomic mass is 15.3. The number of nitrogens with one attached hydrogen (secondary N) is 1. The minimum atomic E-state index is 0.705. The fourth-order valence-electron chi connectivity index (χ4n) is 2.99. The van der Waals surface area contributed by atoms with Crippen molar-refractivity contribution < 1.29 is 0 Å². The van der Waals surface area contributed by atoms with Crippen molar-refractivity contribution in [2.24, 2.45) is 13.0 Å². The quantitative estimate of drug-likeness (QED) is 0.872. The molecule has 0 atom stereocenters. The third-order valence-electron chi connectivity index (χ3n) is 3.73.